The van der Waals surface area contributed by atoms with E-state index in [9.17, 15) is 9.59 Å². The highest BCUT2D eigenvalue weighted by atomic mass is 16.5. The first-order valence-electron chi connectivity index (χ1n) is 10.7. The summed E-state index contributed by atoms with van der Waals surface area (Å²) in [6.45, 7) is 3.96. The van der Waals surface area contributed by atoms with Crippen LogP contribution in [-0.4, -0.2) is 33.0 Å². The largest absolute Gasteiger partial charge is 0.497 e. The molecule has 6 nitrogen and oxygen atoms in total. The molecule has 3 aromatic rings. The summed E-state index contributed by atoms with van der Waals surface area (Å²) in [5, 5.41) is 3.27. The maximum absolute atomic E-state index is 13.7. The highest BCUT2D eigenvalue weighted by Gasteiger charge is 2.40. The number of benzene rings is 3. The Labute approximate surface area is 194 Å². The minimum atomic E-state index is -0.386. The fraction of sp³-hybridized carbons (Fsp3) is 0.185. The van der Waals surface area contributed by atoms with Gasteiger partial charge < -0.3 is 15.0 Å². The Morgan fingerprint density at radius 3 is 2.27 bits per heavy atom. The topological polar surface area (TPSA) is 61.9 Å². The molecule has 2 amide bonds. The average molecular weight is 442 g/mol. The number of imide groups is 1. The van der Waals surface area contributed by atoms with Gasteiger partial charge in [0.1, 0.15) is 11.4 Å². The Morgan fingerprint density at radius 2 is 1.61 bits per heavy atom. The molecule has 0 saturated carbocycles. The summed E-state index contributed by atoms with van der Waals surface area (Å²) in [6, 6.07) is 20.5. The van der Waals surface area contributed by atoms with Crippen LogP contribution in [0.2, 0.25) is 0 Å². The molecule has 1 heterocycles. The SMILES string of the molecule is COc1ccc(C2=C(Nc3cc(C)ccc3C)C(=O)N(c3cccc(N(C)C)c3)C2=O)cc1. The molecule has 0 unspecified atom stereocenters. The van der Waals surface area contributed by atoms with Crippen LogP contribution in [0.25, 0.3) is 5.57 Å². The lowest BCUT2D eigenvalue weighted by Gasteiger charge is -2.19. The Kier molecular flexibility index (Phi) is 5.92. The zero-order chi connectivity index (χ0) is 23.7. The summed E-state index contributed by atoms with van der Waals surface area (Å²) in [5.74, 6) is -0.0767. The summed E-state index contributed by atoms with van der Waals surface area (Å²) in [5.41, 5.74) is 5.50. The average Bonchev–Trinajstić information content (AvgIpc) is 3.05. The van der Waals surface area contributed by atoms with E-state index in [0.29, 0.717) is 22.6 Å². The first-order chi connectivity index (χ1) is 15.8. The summed E-state index contributed by atoms with van der Waals surface area (Å²) >= 11 is 0. The molecule has 0 aromatic heterocycles. The van der Waals surface area contributed by atoms with Crippen molar-refractivity contribution >= 4 is 34.4 Å². The molecular formula is C27H27N3O3. The second-order valence-electron chi connectivity index (χ2n) is 8.28. The van der Waals surface area contributed by atoms with Gasteiger partial charge in [-0.15, -0.1) is 0 Å². The number of aryl methyl sites for hydroxylation is 2. The predicted octanol–water partition coefficient (Wildman–Crippen LogP) is 4.77. The number of rotatable bonds is 6. The van der Waals surface area contributed by atoms with Crippen molar-refractivity contribution < 1.29 is 14.3 Å². The second-order valence-corrected chi connectivity index (χ2v) is 8.28. The fourth-order valence-corrected chi connectivity index (χ4v) is 3.82. The molecular weight excluding hydrogens is 414 g/mol. The predicted molar refractivity (Wildman–Crippen MR) is 133 cm³/mol. The van der Waals surface area contributed by atoms with Crippen molar-refractivity contribution in [3.8, 4) is 5.75 Å². The summed E-state index contributed by atoms with van der Waals surface area (Å²) in [4.78, 5) is 30.5. The lowest BCUT2D eigenvalue weighted by molar-refractivity contribution is -0.120. The van der Waals surface area contributed by atoms with Gasteiger partial charge in [-0.3, -0.25) is 9.59 Å². The van der Waals surface area contributed by atoms with Gasteiger partial charge in [0.15, 0.2) is 0 Å². The highest BCUT2D eigenvalue weighted by molar-refractivity contribution is 6.46. The van der Waals surface area contributed by atoms with Crippen LogP contribution in [0.15, 0.2) is 72.4 Å². The molecule has 0 saturated heterocycles. The van der Waals surface area contributed by atoms with Crippen LogP contribution in [-0.2, 0) is 9.59 Å². The Hall–Kier alpha value is -4.06. The number of hydrogen-bond acceptors (Lipinski definition) is 5. The molecule has 33 heavy (non-hydrogen) atoms. The maximum Gasteiger partial charge on any atom is 0.282 e. The van der Waals surface area contributed by atoms with Crippen molar-refractivity contribution in [2.24, 2.45) is 0 Å². The number of methoxy groups -OCH3 is 1. The monoisotopic (exact) mass is 441 g/mol. The van der Waals surface area contributed by atoms with E-state index < -0.39 is 0 Å². The molecule has 0 aliphatic carbocycles. The van der Waals surface area contributed by atoms with E-state index in [1.54, 1.807) is 37.4 Å². The van der Waals surface area contributed by atoms with Crippen molar-refractivity contribution in [3.63, 3.8) is 0 Å². The highest BCUT2D eigenvalue weighted by Crippen LogP contribution is 2.36. The van der Waals surface area contributed by atoms with Crippen LogP contribution < -0.4 is 19.9 Å². The van der Waals surface area contributed by atoms with Crippen LogP contribution >= 0.6 is 0 Å². The molecule has 4 rings (SSSR count). The van der Waals surface area contributed by atoms with Gasteiger partial charge in [0.05, 0.1) is 18.4 Å². The maximum atomic E-state index is 13.7. The molecule has 6 heteroatoms. The molecule has 0 fully saturated rings. The van der Waals surface area contributed by atoms with E-state index >= 15 is 0 Å². The van der Waals surface area contributed by atoms with Crippen LogP contribution in [0.1, 0.15) is 16.7 Å². The molecule has 0 bridgehead atoms. The van der Waals surface area contributed by atoms with E-state index in [1.165, 1.54) is 4.90 Å². The van der Waals surface area contributed by atoms with E-state index in [0.717, 1.165) is 22.5 Å². The number of amides is 2. The van der Waals surface area contributed by atoms with Gasteiger partial charge in [-0.2, -0.15) is 0 Å². The molecule has 1 aliphatic heterocycles. The first-order valence-corrected chi connectivity index (χ1v) is 10.7. The van der Waals surface area contributed by atoms with Gasteiger partial charge in [0.25, 0.3) is 11.8 Å². The van der Waals surface area contributed by atoms with E-state index in [4.69, 9.17) is 4.74 Å². The van der Waals surface area contributed by atoms with Gasteiger partial charge in [-0.05, 0) is 66.9 Å². The first kappa shape index (κ1) is 22.1. The lowest BCUT2D eigenvalue weighted by Crippen LogP contribution is -2.32. The number of hydrogen-bond donors (Lipinski definition) is 1. The normalized spacial score (nSPS) is 13.5. The molecule has 0 radical (unpaired) electrons. The lowest BCUT2D eigenvalue weighted by atomic mass is 10.0. The minimum absolute atomic E-state index is 0.258. The smallest absolute Gasteiger partial charge is 0.282 e. The van der Waals surface area contributed by atoms with Gasteiger partial charge in [-0.25, -0.2) is 4.90 Å². The van der Waals surface area contributed by atoms with Crippen molar-refractivity contribution in [2.45, 2.75) is 13.8 Å². The van der Waals surface area contributed by atoms with E-state index in [2.05, 4.69) is 5.32 Å². The number of carbonyl (C=O) groups excluding carboxylic acids is 2. The summed E-state index contributed by atoms with van der Waals surface area (Å²) in [7, 11) is 5.42. The van der Waals surface area contributed by atoms with Crippen molar-refractivity contribution in [1.82, 2.24) is 0 Å². The third-order valence-corrected chi connectivity index (χ3v) is 5.72. The van der Waals surface area contributed by atoms with Gasteiger partial charge >= 0.3 is 0 Å². The van der Waals surface area contributed by atoms with Gasteiger partial charge in [0.2, 0.25) is 0 Å². The minimum Gasteiger partial charge on any atom is -0.497 e. The number of anilines is 3. The van der Waals surface area contributed by atoms with E-state index in [1.807, 2.05) is 69.2 Å². The van der Waals surface area contributed by atoms with Crippen molar-refractivity contribution in [1.29, 1.82) is 0 Å². The zero-order valence-electron chi connectivity index (χ0n) is 19.5. The Balaban J connectivity index is 1.83. The summed E-state index contributed by atoms with van der Waals surface area (Å²) < 4.78 is 5.26. The van der Waals surface area contributed by atoms with Crippen LogP contribution in [0.5, 0.6) is 5.75 Å². The zero-order valence-corrected chi connectivity index (χ0v) is 19.5. The molecule has 1 aliphatic rings. The molecule has 0 spiro atoms. The van der Waals surface area contributed by atoms with E-state index in [-0.39, 0.29) is 17.5 Å². The Bertz CT molecular complexity index is 1260. The fourth-order valence-electron chi connectivity index (χ4n) is 3.82. The van der Waals surface area contributed by atoms with Gasteiger partial charge in [-0.1, -0.05) is 30.3 Å². The second kappa shape index (κ2) is 8.82. The number of ether oxygens (including phenoxy) is 1. The number of nitrogens with zero attached hydrogens (tertiary/aromatic N) is 2. The molecule has 0 atom stereocenters. The van der Waals surface area contributed by atoms with Crippen molar-refractivity contribution in [2.75, 3.05) is 36.3 Å². The number of nitrogens with one attached hydrogen (secondary N) is 1. The molecule has 3 aromatic carbocycles. The van der Waals surface area contributed by atoms with Crippen LogP contribution in [0.3, 0.4) is 0 Å². The summed E-state index contributed by atoms with van der Waals surface area (Å²) in [6.07, 6.45) is 0. The number of carbonyl (C=O) groups is 2. The molecule has 168 valence electrons. The van der Waals surface area contributed by atoms with Gasteiger partial charge in [0, 0.05) is 25.5 Å². The third-order valence-electron chi connectivity index (χ3n) is 5.72. The van der Waals surface area contributed by atoms with Crippen LogP contribution in [0.4, 0.5) is 17.1 Å². The third kappa shape index (κ3) is 4.20. The Morgan fingerprint density at radius 1 is 0.879 bits per heavy atom. The molecule has 1 N–H and O–H groups in total. The quantitative estimate of drug-likeness (QED) is 0.558. The van der Waals surface area contributed by atoms with Crippen molar-refractivity contribution in [3.05, 3.63) is 89.1 Å². The standard InChI is InChI=1S/C27H27N3O3/c1-17-9-10-18(2)23(15-17)28-25-24(19-11-13-22(33-5)14-12-19)26(31)30(27(25)32)21-8-6-7-20(16-21)29(3)4/h6-16,28H,1-5H3. The van der Waals surface area contributed by atoms with Crippen LogP contribution in [0, 0.1) is 13.8 Å².